The fourth-order valence-electron chi connectivity index (χ4n) is 0.600. The van der Waals surface area contributed by atoms with E-state index in [-0.39, 0.29) is 0 Å². The lowest BCUT2D eigenvalue weighted by molar-refractivity contribution is 0.426. The Labute approximate surface area is 62.4 Å². The van der Waals surface area contributed by atoms with Crippen LogP contribution < -0.4 is 0 Å². The van der Waals surface area contributed by atoms with Crippen LogP contribution in [0.15, 0.2) is 11.5 Å². The van der Waals surface area contributed by atoms with Crippen LogP contribution in [-0.4, -0.2) is 33.6 Å². The third kappa shape index (κ3) is 1.48. The number of thioether (sulfide) groups is 1. The topological polar surface area (TPSA) is 54.1 Å². The second-order valence-corrected chi connectivity index (χ2v) is 3.07. The fraction of sp³-hybridized carbons (Fsp3) is 0.600. The van der Waals surface area contributed by atoms with E-state index in [0.29, 0.717) is 6.10 Å². The molecule has 1 aromatic rings. The van der Waals surface area contributed by atoms with Crippen molar-refractivity contribution in [2.24, 2.45) is 0 Å². The van der Waals surface area contributed by atoms with Crippen molar-refractivity contribution in [2.45, 2.75) is 11.3 Å². The number of nitrogens with one attached hydrogen (secondary N) is 1. The van der Waals surface area contributed by atoms with E-state index in [0.717, 1.165) is 17.5 Å². The molecule has 1 N–H and O–H groups in total. The van der Waals surface area contributed by atoms with Gasteiger partial charge in [-0.05, 0) is 0 Å². The first-order valence-electron chi connectivity index (χ1n) is 3.05. The standard InChI is InChI=1S/C5H7N3OS/c1-4(9-1)2-10-5-6-3-7-8-5/h3-4H,1-2H2,(H,6,7,8)/t4-/m1/s1. The molecule has 1 saturated heterocycles. The Morgan fingerprint density at radius 1 is 1.90 bits per heavy atom. The zero-order chi connectivity index (χ0) is 6.81. The molecular weight excluding hydrogens is 150 g/mol. The van der Waals surface area contributed by atoms with Gasteiger partial charge in [0.05, 0.1) is 12.7 Å². The molecule has 0 saturated carbocycles. The van der Waals surface area contributed by atoms with Crippen LogP contribution in [0.4, 0.5) is 0 Å². The monoisotopic (exact) mass is 157 g/mol. The second-order valence-electron chi connectivity index (χ2n) is 2.06. The molecule has 1 atom stereocenters. The molecule has 0 radical (unpaired) electrons. The lowest BCUT2D eigenvalue weighted by Gasteiger charge is -1.89. The molecule has 1 fully saturated rings. The van der Waals surface area contributed by atoms with Crippen LogP contribution in [0.5, 0.6) is 0 Å². The SMILES string of the molecule is c1n[nH]c(SC[C@H]2CO2)n1. The van der Waals surface area contributed by atoms with Crippen LogP contribution >= 0.6 is 11.8 Å². The molecule has 10 heavy (non-hydrogen) atoms. The predicted octanol–water partition coefficient (Wildman–Crippen LogP) is 0.296. The number of hydrogen-bond donors (Lipinski definition) is 1. The Morgan fingerprint density at radius 3 is 3.40 bits per heavy atom. The molecule has 0 spiro atoms. The first-order valence-corrected chi connectivity index (χ1v) is 4.03. The van der Waals surface area contributed by atoms with Gasteiger partial charge in [-0.15, -0.1) is 0 Å². The van der Waals surface area contributed by atoms with Crippen LogP contribution in [-0.2, 0) is 4.74 Å². The van der Waals surface area contributed by atoms with Crippen molar-refractivity contribution in [3.8, 4) is 0 Å². The summed E-state index contributed by atoms with van der Waals surface area (Å²) in [6.07, 6.45) is 1.96. The van der Waals surface area contributed by atoms with Gasteiger partial charge < -0.3 is 4.74 Å². The summed E-state index contributed by atoms with van der Waals surface area (Å²) in [4.78, 5) is 3.96. The Morgan fingerprint density at radius 2 is 2.80 bits per heavy atom. The average molecular weight is 157 g/mol. The molecule has 0 bridgehead atoms. The smallest absolute Gasteiger partial charge is 0.183 e. The molecule has 2 heterocycles. The van der Waals surface area contributed by atoms with Crippen molar-refractivity contribution in [3.63, 3.8) is 0 Å². The van der Waals surface area contributed by atoms with Gasteiger partial charge in [-0.25, -0.2) is 4.98 Å². The number of epoxide rings is 1. The van der Waals surface area contributed by atoms with Gasteiger partial charge in [-0.1, -0.05) is 11.8 Å². The number of H-pyrrole nitrogens is 1. The third-order valence-electron chi connectivity index (χ3n) is 1.20. The van der Waals surface area contributed by atoms with Crippen molar-refractivity contribution >= 4 is 11.8 Å². The maximum atomic E-state index is 5.02. The molecular formula is C5H7N3OS. The molecule has 5 heteroatoms. The fourth-order valence-corrected chi connectivity index (χ4v) is 1.38. The van der Waals surface area contributed by atoms with Crippen molar-refractivity contribution < 1.29 is 4.74 Å². The highest BCUT2D eigenvalue weighted by atomic mass is 32.2. The van der Waals surface area contributed by atoms with Crippen LogP contribution in [0, 0.1) is 0 Å². The maximum Gasteiger partial charge on any atom is 0.183 e. The number of aromatic amines is 1. The predicted molar refractivity (Wildman–Crippen MR) is 36.8 cm³/mol. The van der Waals surface area contributed by atoms with E-state index in [9.17, 15) is 0 Å². The Balaban J connectivity index is 1.79. The van der Waals surface area contributed by atoms with E-state index in [1.54, 1.807) is 11.8 Å². The van der Waals surface area contributed by atoms with Gasteiger partial charge in [-0.3, -0.25) is 5.10 Å². The van der Waals surface area contributed by atoms with Crippen molar-refractivity contribution in [1.29, 1.82) is 0 Å². The Kier molecular flexibility index (Phi) is 1.60. The van der Waals surface area contributed by atoms with Gasteiger partial charge >= 0.3 is 0 Å². The highest BCUT2D eigenvalue weighted by Gasteiger charge is 2.22. The molecule has 0 unspecified atom stereocenters. The van der Waals surface area contributed by atoms with Crippen LogP contribution in [0.1, 0.15) is 0 Å². The number of hydrogen-bond acceptors (Lipinski definition) is 4. The van der Waals surface area contributed by atoms with Gasteiger partial charge in [0.15, 0.2) is 5.16 Å². The summed E-state index contributed by atoms with van der Waals surface area (Å²) in [5.74, 6) is 0.981. The molecule has 0 amide bonds. The van der Waals surface area contributed by atoms with E-state index in [2.05, 4.69) is 15.2 Å². The third-order valence-corrected chi connectivity index (χ3v) is 2.21. The summed E-state index contributed by atoms with van der Waals surface area (Å²) in [7, 11) is 0. The van der Waals surface area contributed by atoms with Gasteiger partial charge in [0.1, 0.15) is 6.33 Å². The number of rotatable bonds is 3. The van der Waals surface area contributed by atoms with Gasteiger partial charge in [0.2, 0.25) is 0 Å². The average Bonchev–Trinajstić information content (AvgIpc) is 2.63. The molecule has 4 nitrogen and oxygen atoms in total. The minimum Gasteiger partial charge on any atom is -0.372 e. The highest BCUT2D eigenvalue weighted by molar-refractivity contribution is 7.99. The maximum absolute atomic E-state index is 5.02. The van der Waals surface area contributed by atoms with E-state index in [1.807, 2.05) is 0 Å². The first-order chi connectivity index (χ1) is 4.95. The number of nitrogens with zero attached hydrogens (tertiary/aromatic N) is 2. The van der Waals surface area contributed by atoms with Crippen LogP contribution in [0.3, 0.4) is 0 Å². The number of aromatic nitrogens is 3. The van der Waals surface area contributed by atoms with Crippen molar-refractivity contribution in [1.82, 2.24) is 15.2 Å². The molecule has 0 aromatic carbocycles. The minimum atomic E-state index is 0.454. The molecule has 0 aliphatic carbocycles. The molecule has 1 aliphatic rings. The Hall–Kier alpha value is -0.550. The zero-order valence-electron chi connectivity index (χ0n) is 5.28. The number of ether oxygens (including phenoxy) is 1. The molecule has 1 aromatic heterocycles. The highest BCUT2D eigenvalue weighted by Crippen LogP contribution is 2.19. The summed E-state index contributed by atoms with van der Waals surface area (Å²) in [6, 6.07) is 0. The van der Waals surface area contributed by atoms with Crippen molar-refractivity contribution in [3.05, 3.63) is 6.33 Å². The van der Waals surface area contributed by atoms with E-state index >= 15 is 0 Å². The second kappa shape index (κ2) is 2.59. The van der Waals surface area contributed by atoms with Crippen molar-refractivity contribution in [2.75, 3.05) is 12.4 Å². The lowest BCUT2D eigenvalue weighted by Crippen LogP contribution is -1.89. The van der Waals surface area contributed by atoms with E-state index < -0.39 is 0 Å². The summed E-state index contributed by atoms with van der Waals surface area (Å²) in [6.45, 7) is 0.904. The quantitative estimate of drug-likeness (QED) is 0.506. The summed E-state index contributed by atoms with van der Waals surface area (Å²) < 4.78 is 5.02. The normalized spacial score (nSPS) is 23.0. The molecule has 2 rings (SSSR count). The van der Waals surface area contributed by atoms with E-state index in [4.69, 9.17) is 4.74 Å². The van der Waals surface area contributed by atoms with Crippen LogP contribution in [0.25, 0.3) is 0 Å². The summed E-state index contributed by atoms with van der Waals surface area (Å²) >= 11 is 1.64. The summed E-state index contributed by atoms with van der Waals surface area (Å²) in [5, 5.41) is 7.36. The van der Waals surface area contributed by atoms with E-state index in [1.165, 1.54) is 6.33 Å². The lowest BCUT2D eigenvalue weighted by atomic mass is 10.6. The Bertz CT molecular complexity index is 197. The van der Waals surface area contributed by atoms with Crippen LogP contribution in [0.2, 0.25) is 0 Å². The van der Waals surface area contributed by atoms with Gasteiger partial charge in [-0.2, -0.15) is 5.10 Å². The van der Waals surface area contributed by atoms with Gasteiger partial charge in [0, 0.05) is 5.75 Å². The van der Waals surface area contributed by atoms with Gasteiger partial charge in [0.25, 0.3) is 0 Å². The zero-order valence-corrected chi connectivity index (χ0v) is 6.10. The molecule has 1 aliphatic heterocycles. The molecule has 54 valence electrons. The first kappa shape index (κ1) is 6.18. The largest absolute Gasteiger partial charge is 0.372 e. The minimum absolute atomic E-state index is 0.454. The summed E-state index contributed by atoms with van der Waals surface area (Å²) in [5.41, 5.74) is 0.